The molecular formula is C13H16BrNO5. The summed E-state index contributed by atoms with van der Waals surface area (Å²) in [5.74, 6) is -0.934. The van der Waals surface area contributed by atoms with Crippen LogP contribution >= 0.6 is 15.9 Å². The molecule has 0 saturated carbocycles. The first-order valence-corrected chi connectivity index (χ1v) is 6.69. The number of hydrogen-bond acceptors (Lipinski definition) is 4. The molecule has 0 bridgehead atoms. The van der Waals surface area contributed by atoms with Gasteiger partial charge in [0, 0.05) is 18.1 Å². The molecule has 1 aromatic carbocycles. The summed E-state index contributed by atoms with van der Waals surface area (Å²) in [6.45, 7) is -0.100. The summed E-state index contributed by atoms with van der Waals surface area (Å²) in [5, 5.41) is 8.77. The number of nitrogens with zero attached hydrogens (tertiary/aromatic N) is 1. The van der Waals surface area contributed by atoms with Crippen LogP contribution in [0.4, 0.5) is 0 Å². The first kappa shape index (κ1) is 16.5. The van der Waals surface area contributed by atoms with E-state index in [4.69, 9.17) is 14.6 Å². The van der Waals surface area contributed by atoms with Crippen molar-refractivity contribution in [1.29, 1.82) is 0 Å². The highest BCUT2D eigenvalue weighted by Crippen LogP contribution is 2.17. The van der Waals surface area contributed by atoms with Crippen LogP contribution in [0, 0.1) is 0 Å². The average Bonchev–Trinajstić information content (AvgIpc) is 2.40. The van der Waals surface area contributed by atoms with Gasteiger partial charge in [-0.05, 0) is 18.2 Å². The van der Waals surface area contributed by atoms with Crippen molar-refractivity contribution in [3.05, 3.63) is 28.7 Å². The third-order valence-electron chi connectivity index (χ3n) is 2.40. The van der Waals surface area contributed by atoms with Crippen LogP contribution in [0.25, 0.3) is 0 Å². The average molecular weight is 346 g/mol. The van der Waals surface area contributed by atoms with Gasteiger partial charge in [0.15, 0.2) is 6.61 Å². The Morgan fingerprint density at radius 1 is 1.40 bits per heavy atom. The van der Waals surface area contributed by atoms with Crippen molar-refractivity contribution in [3.8, 4) is 5.75 Å². The van der Waals surface area contributed by atoms with Crippen LogP contribution in [0.3, 0.4) is 0 Å². The zero-order valence-electron chi connectivity index (χ0n) is 11.0. The summed E-state index contributed by atoms with van der Waals surface area (Å²) >= 11 is 3.30. The van der Waals surface area contributed by atoms with Gasteiger partial charge in [0.05, 0.1) is 6.61 Å². The van der Waals surface area contributed by atoms with Gasteiger partial charge in [-0.25, -0.2) is 0 Å². The van der Waals surface area contributed by atoms with E-state index >= 15 is 0 Å². The molecule has 0 fully saturated rings. The second kappa shape index (κ2) is 8.55. The van der Waals surface area contributed by atoms with Crippen molar-refractivity contribution >= 4 is 27.8 Å². The number of amides is 1. The lowest BCUT2D eigenvalue weighted by molar-refractivity contribution is -0.145. The molecule has 0 unspecified atom stereocenters. The molecule has 1 aromatic rings. The van der Waals surface area contributed by atoms with Gasteiger partial charge in [0.2, 0.25) is 0 Å². The minimum absolute atomic E-state index is 0.212. The number of rotatable bonds is 8. The second-order valence-electron chi connectivity index (χ2n) is 3.95. The monoisotopic (exact) mass is 345 g/mol. The maximum absolute atomic E-state index is 11.9. The largest absolute Gasteiger partial charge is 0.484 e. The summed E-state index contributed by atoms with van der Waals surface area (Å²) < 4.78 is 11.0. The number of benzene rings is 1. The Morgan fingerprint density at radius 2 is 2.15 bits per heavy atom. The van der Waals surface area contributed by atoms with Gasteiger partial charge >= 0.3 is 5.97 Å². The highest BCUT2D eigenvalue weighted by molar-refractivity contribution is 9.10. The molecule has 1 amide bonds. The molecule has 0 aliphatic rings. The molecule has 7 heteroatoms. The molecule has 0 aliphatic carbocycles. The Hall–Kier alpha value is -1.60. The third kappa shape index (κ3) is 6.03. The van der Waals surface area contributed by atoms with Crippen LogP contribution in [-0.2, 0) is 14.3 Å². The fourth-order valence-corrected chi connectivity index (χ4v) is 1.83. The lowest BCUT2D eigenvalue weighted by Crippen LogP contribution is -2.40. The summed E-state index contributed by atoms with van der Waals surface area (Å²) in [7, 11) is 1.49. The Labute approximate surface area is 125 Å². The van der Waals surface area contributed by atoms with E-state index in [1.165, 1.54) is 12.0 Å². The molecule has 0 heterocycles. The van der Waals surface area contributed by atoms with Crippen LogP contribution < -0.4 is 4.74 Å². The van der Waals surface area contributed by atoms with Gasteiger partial charge in [-0.3, -0.25) is 9.59 Å². The summed E-state index contributed by atoms with van der Waals surface area (Å²) in [6.07, 6.45) is 0. The van der Waals surface area contributed by atoms with E-state index < -0.39 is 11.9 Å². The molecule has 0 saturated heterocycles. The zero-order valence-corrected chi connectivity index (χ0v) is 12.6. The lowest BCUT2D eigenvalue weighted by Gasteiger charge is -2.20. The topological polar surface area (TPSA) is 76.1 Å². The van der Waals surface area contributed by atoms with E-state index in [0.717, 1.165) is 4.47 Å². The number of carbonyl (C=O) groups excluding carboxylic acids is 1. The van der Waals surface area contributed by atoms with Crippen molar-refractivity contribution in [2.24, 2.45) is 0 Å². The summed E-state index contributed by atoms with van der Waals surface area (Å²) in [6, 6.07) is 7.06. The van der Waals surface area contributed by atoms with Crippen LogP contribution in [0.5, 0.6) is 5.75 Å². The summed E-state index contributed by atoms with van der Waals surface area (Å²) in [5.41, 5.74) is 0. The van der Waals surface area contributed by atoms with Crippen molar-refractivity contribution in [2.45, 2.75) is 0 Å². The number of aliphatic carboxylic acids is 1. The van der Waals surface area contributed by atoms with E-state index in [9.17, 15) is 9.59 Å². The van der Waals surface area contributed by atoms with E-state index in [2.05, 4.69) is 15.9 Å². The van der Waals surface area contributed by atoms with E-state index in [0.29, 0.717) is 5.75 Å². The Kier molecular flexibility index (Phi) is 7.03. The van der Waals surface area contributed by atoms with Crippen LogP contribution in [0.2, 0.25) is 0 Å². The minimum atomic E-state index is -1.07. The molecule has 110 valence electrons. The first-order valence-electron chi connectivity index (χ1n) is 5.90. The minimum Gasteiger partial charge on any atom is -0.484 e. The Bertz CT molecular complexity index is 466. The van der Waals surface area contributed by atoms with Crippen molar-refractivity contribution in [3.63, 3.8) is 0 Å². The maximum Gasteiger partial charge on any atom is 0.323 e. The van der Waals surface area contributed by atoms with Crippen molar-refractivity contribution in [1.82, 2.24) is 4.90 Å². The molecule has 1 N–H and O–H groups in total. The smallest absolute Gasteiger partial charge is 0.323 e. The van der Waals surface area contributed by atoms with Crippen molar-refractivity contribution in [2.75, 3.05) is 33.4 Å². The quantitative estimate of drug-likeness (QED) is 0.770. The standard InChI is InChI=1S/C13H16BrNO5/c1-19-6-5-15(8-13(17)18)12(16)9-20-11-4-2-3-10(14)7-11/h2-4,7H,5-6,8-9H2,1H3,(H,17,18). The van der Waals surface area contributed by atoms with Gasteiger partial charge in [-0.15, -0.1) is 0 Å². The van der Waals surface area contributed by atoms with Gasteiger partial charge < -0.3 is 19.5 Å². The predicted octanol–water partition coefficient (Wildman–Crippen LogP) is 1.39. The molecular weight excluding hydrogens is 330 g/mol. The highest BCUT2D eigenvalue weighted by Gasteiger charge is 2.17. The number of halogens is 1. The Morgan fingerprint density at radius 3 is 2.75 bits per heavy atom. The van der Waals surface area contributed by atoms with Crippen LogP contribution in [0.15, 0.2) is 28.7 Å². The number of methoxy groups -OCH3 is 1. The molecule has 6 nitrogen and oxygen atoms in total. The third-order valence-corrected chi connectivity index (χ3v) is 2.90. The van der Waals surface area contributed by atoms with Gasteiger partial charge in [-0.1, -0.05) is 22.0 Å². The van der Waals surface area contributed by atoms with Crippen LogP contribution in [0.1, 0.15) is 0 Å². The second-order valence-corrected chi connectivity index (χ2v) is 4.86. The van der Waals surface area contributed by atoms with Crippen molar-refractivity contribution < 1.29 is 24.2 Å². The van der Waals surface area contributed by atoms with Gasteiger partial charge in [0.25, 0.3) is 5.91 Å². The number of hydrogen-bond donors (Lipinski definition) is 1. The maximum atomic E-state index is 11.9. The zero-order chi connectivity index (χ0) is 15.0. The number of ether oxygens (including phenoxy) is 2. The molecule has 0 radical (unpaired) electrons. The lowest BCUT2D eigenvalue weighted by atomic mass is 10.3. The molecule has 1 rings (SSSR count). The fourth-order valence-electron chi connectivity index (χ4n) is 1.45. The number of carboxylic acid groups (broad SMARTS) is 1. The first-order chi connectivity index (χ1) is 9.52. The Balaban J connectivity index is 2.54. The molecule has 0 aliphatic heterocycles. The molecule has 0 atom stereocenters. The molecule has 20 heavy (non-hydrogen) atoms. The van der Waals surface area contributed by atoms with E-state index in [1.54, 1.807) is 18.2 Å². The number of carbonyl (C=O) groups is 2. The summed E-state index contributed by atoms with van der Waals surface area (Å²) in [4.78, 5) is 23.8. The van der Waals surface area contributed by atoms with Gasteiger partial charge in [0.1, 0.15) is 12.3 Å². The van der Waals surface area contributed by atoms with Crippen LogP contribution in [-0.4, -0.2) is 55.3 Å². The van der Waals surface area contributed by atoms with E-state index in [-0.39, 0.29) is 26.3 Å². The van der Waals surface area contributed by atoms with Gasteiger partial charge in [-0.2, -0.15) is 0 Å². The van der Waals surface area contributed by atoms with E-state index in [1.807, 2.05) is 6.07 Å². The SMILES string of the molecule is COCCN(CC(=O)O)C(=O)COc1cccc(Br)c1. The highest BCUT2D eigenvalue weighted by atomic mass is 79.9. The normalized spacial score (nSPS) is 10.1. The molecule has 0 spiro atoms. The predicted molar refractivity (Wildman–Crippen MR) is 75.7 cm³/mol. The number of carboxylic acids is 1. The molecule has 0 aromatic heterocycles. The fraction of sp³-hybridized carbons (Fsp3) is 0.385.